The Morgan fingerprint density at radius 2 is 2.06 bits per heavy atom. The summed E-state index contributed by atoms with van der Waals surface area (Å²) in [4.78, 5) is 17.0. The number of nitrogens with one attached hydrogen (secondary N) is 1. The lowest BCUT2D eigenvalue weighted by molar-refractivity contribution is 0.0730. The molecule has 0 saturated carbocycles. The number of carbonyl (C=O) groups is 1. The highest BCUT2D eigenvalue weighted by Crippen LogP contribution is 2.13. The minimum absolute atomic E-state index is 0.0381. The standard InChI is InChI=1S/C13H23N3O/c1-4-10(5-2)9-16(6-3)13(17)12-7-11(14)8-15-12/h7-8,10,15H,4-6,9,14H2,1-3H3. The number of nitrogens with two attached hydrogens (primary N) is 1. The molecule has 0 saturated heterocycles. The molecule has 4 heteroatoms. The van der Waals surface area contributed by atoms with Gasteiger partial charge in [-0.1, -0.05) is 26.7 Å². The van der Waals surface area contributed by atoms with Crippen LogP contribution < -0.4 is 5.73 Å². The molecule has 96 valence electrons. The number of hydrogen-bond donors (Lipinski definition) is 2. The molecule has 1 amide bonds. The molecule has 0 aliphatic carbocycles. The summed E-state index contributed by atoms with van der Waals surface area (Å²) >= 11 is 0. The van der Waals surface area contributed by atoms with Gasteiger partial charge >= 0.3 is 0 Å². The van der Waals surface area contributed by atoms with Crippen molar-refractivity contribution in [1.29, 1.82) is 0 Å². The number of aromatic amines is 1. The van der Waals surface area contributed by atoms with E-state index in [4.69, 9.17) is 5.73 Å². The Bertz CT molecular complexity index is 355. The fourth-order valence-electron chi connectivity index (χ4n) is 1.92. The topological polar surface area (TPSA) is 62.1 Å². The molecule has 0 aliphatic rings. The number of nitrogens with zero attached hydrogens (tertiary/aromatic N) is 1. The highest BCUT2D eigenvalue weighted by Gasteiger charge is 2.18. The number of aromatic nitrogens is 1. The summed E-state index contributed by atoms with van der Waals surface area (Å²) in [6.45, 7) is 7.89. The molecule has 1 heterocycles. The van der Waals surface area contributed by atoms with E-state index in [0.717, 1.165) is 25.9 Å². The van der Waals surface area contributed by atoms with E-state index in [1.165, 1.54) is 0 Å². The molecule has 3 N–H and O–H groups in total. The zero-order valence-corrected chi connectivity index (χ0v) is 11.0. The fraction of sp³-hybridized carbons (Fsp3) is 0.615. The fourth-order valence-corrected chi connectivity index (χ4v) is 1.92. The molecule has 1 aromatic heterocycles. The van der Waals surface area contributed by atoms with Crippen molar-refractivity contribution in [3.8, 4) is 0 Å². The van der Waals surface area contributed by atoms with Crippen molar-refractivity contribution in [2.45, 2.75) is 33.6 Å². The molecule has 1 aromatic rings. The molecule has 0 unspecified atom stereocenters. The Balaban J connectivity index is 2.70. The van der Waals surface area contributed by atoms with Crippen LogP contribution in [0.4, 0.5) is 5.69 Å². The zero-order chi connectivity index (χ0) is 12.8. The third-order valence-electron chi connectivity index (χ3n) is 3.24. The average Bonchev–Trinajstić information content (AvgIpc) is 2.77. The Morgan fingerprint density at radius 3 is 2.47 bits per heavy atom. The van der Waals surface area contributed by atoms with Crippen LogP contribution in [-0.4, -0.2) is 28.9 Å². The van der Waals surface area contributed by atoms with E-state index in [1.807, 2.05) is 11.8 Å². The highest BCUT2D eigenvalue weighted by molar-refractivity contribution is 5.93. The van der Waals surface area contributed by atoms with Crippen LogP contribution in [0.2, 0.25) is 0 Å². The van der Waals surface area contributed by atoms with E-state index in [-0.39, 0.29) is 5.91 Å². The molecule has 0 aliphatic heterocycles. The van der Waals surface area contributed by atoms with Gasteiger partial charge in [0.1, 0.15) is 5.69 Å². The third kappa shape index (κ3) is 3.51. The van der Waals surface area contributed by atoms with Crippen LogP contribution in [0.3, 0.4) is 0 Å². The predicted octanol–water partition coefficient (Wildman–Crippen LogP) is 2.50. The van der Waals surface area contributed by atoms with Gasteiger partial charge in [0, 0.05) is 25.0 Å². The Hall–Kier alpha value is -1.45. The first-order chi connectivity index (χ1) is 8.12. The van der Waals surface area contributed by atoms with Gasteiger partial charge in [0.2, 0.25) is 0 Å². The molecular weight excluding hydrogens is 214 g/mol. The molecule has 0 spiro atoms. The molecule has 1 rings (SSSR count). The van der Waals surface area contributed by atoms with E-state index in [0.29, 0.717) is 17.3 Å². The van der Waals surface area contributed by atoms with Crippen LogP contribution in [0.5, 0.6) is 0 Å². The minimum Gasteiger partial charge on any atom is -0.397 e. The van der Waals surface area contributed by atoms with Gasteiger partial charge in [0.25, 0.3) is 5.91 Å². The Morgan fingerprint density at radius 1 is 1.41 bits per heavy atom. The number of hydrogen-bond acceptors (Lipinski definition) is 2. The van der Waals surface area contributed by atoms with Crippen molar-refractivity contribution in [2.75, 3.05) is 18.8 Å². The number of nitrogen functional groups attached to an aromatic ring is 1. The maximum atomic E-state index is 12.2. The van der Waals surface area contributed by atoms with Crippen molar-refractivity contribution in [3.63, 3.8) is 0 Å². The lowest BCUT2D eigenvalue weighted by Crippen LogP contribution is -2.35. The Kier molecular flexibility index (Phi) is 5.07. The lowest BCUT2D eigenvalue weighted by Gasteiger charge is -2.25. The molecule has 4 nitrogen and oxygen atoms in total. The second-order valence-electron chi connectivity index (χ2n) is 4.37. The molecule has 0 bridgehead atoms. The summed E-state index contributed by atoms with van der Waals surface area (Å²) in [5, 5.41) is 0. The van der Waals surface area contributed by atoms with Crippen molar-refractivity contribution in [2.24, 2.45) is 5.92 Å². The summed E-state index contributed by atoms with van der Waals surface area (Å²) in [5.41, 5.74) is 6.79. The molecule has 0 radical (unpaired) electrons. The number of amides is 1. The van der Waals surface area contributed by atoms with Crippen molar-refractivity contribution >= 4 is 11.6 Å². The number of rotatable bonds is 6. The number of H-pyrrole nitrogens is 1. The van der Waals surface area contributed by atoms with Crippen LogP contribution in [0.25, 0.3) is 0 Å². The van der Waals surface area contributed by atoms with Gasteiger partial charge in [-0.2, -0.15) is 0 Å². The predicted molar refractivity (Wildman–Crippen MR) is 70.9 cm³/mol. The Labute approximate surface area is 103 Å². The SMILES string of the molecule is CCC(CC)CN(CC)C(=O)c1cc(N)c[nH]1. The lowest BCUT2D eigenvalue weighted by atomic mass is 10.0. The largest absolute Gasteiger partial charge is 0.397 e. The van der Waals surface area contributed by atoms with Crippen LogP contribution >= 0.6 is 0 Å². The highest BCUT2D eigenvalue weighted by atomic mass is 16.2. The van der Waals surface area contributed by atoms with Crippen LogP contribution in [0, 0.1) is 5.92 Å². The summed E-state index contributed by atoms with van der Waals surface area (Å²) in [7, 11) is 0. The third-order valence-corrected chi connectivity index (χ3v) is 3.24. The van der Waals surface area contributed by atoms with Crippen molar-refractivity contribution in [3.05, 3.63) is 18.0 Å². The van der Waals surface area contributed by atoms with Gasteiger partial charge in [-0.3, -0.25) is 4.79 Å². The van der Waals surface area contributed by atoms with Crippen molar-refractivity contribution in [1.82, 2.24) is 9.88 Å². The first-order valence-electron chi connectivity index (χ1n) is 6.35. The molecule has 0 aromatic carbocycles. The van der Waals surface area contributed by atoms with Crippen LogP contribution in [-0.2, 0) is 0 Å². The molecule has 0 fully saturated rings. The monoisotopic (exact) mass is 237 g/mol. The van der Waals surface area contributed by atoms with Crippen molar-refractivity contribution < 1.29 is 4.79 Å². The number of anilines is 1. The van der Waals surface area contributed by atoms with E-state index in [2.05, 4.69) is 18.8 Å². The summed E-state index contributed by atoms with van der Waals surface area (Å²) in [6, 6.07) is 1.69. The van der Waals surface area contributed by atoms with E-state index in [9.17, 15) is 4.79 Å². The quantitative estimate of drug-likeness (QED) is 0.798. The second kappa shape index (κ2) is 6.33. The van der Waals surface area contributed by atoms with Gasteiger partial charge in [0.15, 0.2) is 0 Å². The summed E-state index contributed by atoms with van der Waals surface area (Å²) < 4.78 is 0. The van der Waals surface area contributed by atoms with Gasteiger partial charge in [-0.05, 0) is 18.9 Å². The van der Waals surface area contributed by atoms with E-state index in [1.54, 1.807) is 12.3 Å². The van der Waals surface area contributed by atoms with Crippen LogP contribution in [0.15, 0.2) is 12.3 Å². The average molecular weight is 237 g/mol. The van der Waals surface area contributed by atoms with Gasteiger partial charge in [-0.25, -0.2) is 0 Å². The maximum absolute atomic E-state index is 12.2. The molecule has 17 heavy (non-hydrogen) atoms. The second-order valence-corrected chi connectivity index (χ2v) is 4.37. The van der Waals surface area contributed by atoms with Gasteiger partial charge in [0.05, 0.1) is 0 Å². The summed E-state index contributed by atoms with van der Waals surface area (Å²) in [5.74, 6) is 0.613. The normalized spacial score (nSPS) is 10.8. The molecule has 0 atom stereocenters. The van der Waals surface area contributed by atoms with Gasteiger partial charge < -0.3 is 15.6 Å². The van der Waals surface area contributed by atoms with Gasteiger partial charge in [-0.15, -0.1) is 0 Å². The smallest absolute Gasteiger partial charge is 0.270 e. The zero-order valence-electron chi connectivity index (χ0n) is 11.0. The number of carbonyl (C=O) groups excluding carboxylic acids is 1. The molecular formula is C13H23N3O. The first kappa shape index (κ1) is 13.6. The minimum atomic E-state index is 0.0381. The summed E-state index contributed by atoms with van der Waals surface area (Å²) in [6.07, 6.45) is 3.86. The van der Waals surface area contributed by atoms with E-state index >= 15 is 0 Å². The maximum Gasteiger partial charge on any atom is 0.270 e. The van der Waals surface area contributed by atoms with Crippen LogP contribution in [0.1, 0.15) is 44.1 Å². The van der Waals surface area contributed by atoms with E-state index < -0.39 is 0 Å². The first-order valence-corrected chi connectivity index (χ1v) is 6.35.